The summed E-state index contributed by atoms with van der Waals surface area (Å²) in [5.74, 6) is 0.641. The summed E-state index contributed by atoms with van der Waals surface area (Å²) in [7, 11) is -1.49. The monoisotopic (exact) mass is 300 g/mol. The second-order valence-corrected chi connectivity index (χ2v) is 8.31. The maximum Gasteiger partial charge on any atom is 0.154 e. The zero-order valence-corrected chi connectivity index (χ0v) is 13.8. The van der Waals surface area contributed by atoms with Crippen LogP contribution in [0.25, 0.3) is 0 Å². The number of nitrogens with one attached hydrogen (secondary N) is 1. The molecule has 0 fully saturated rings. The first kappa shape index (κ1) is 16.9. The van der Waals surface area contributed by atoms with Gasteiger partial charge >= 0.3 is 0 Å². The second-order valence-electron chi connectivity index (χ2n) is 5.72. The average molecular weight is 300 g/mol. The standard InChI is InChI=1S/C14H24N2O3S/c1-10(2)19-12-7-11(8-16-9-12)13(15-5)14(3,4)20(6,17)18/h7-10,13,15H,1-6H3. The Balaban J connectivity index is 3.20. The highest BCUT2D eigenvalue weighted by molar-refractivity contribution is 7.92. The summed E-state index contributed by atoms with van der Waals surface area (Å²) in [6, 6.07) is 1.47. The SMILES string of the molecule is CNC(c1cncc(OC(C)C)c1)C(C)(C)S(C)(=O)=O. The van der Waals surface area contributed by atoms with Crippen molar-refractivity contribution < 1.29 is 13.2 Å². The van der Waals surface area contributed by atoms with Crippen molar-refractivity contribution in [2.75, 3.05) is 13.3 Å². The fourth-order valence-electron chi connectivity index (χ4n) is 2.06. The third-order valence-corrected chi connectivity index (χ3v) is 5.53. The number of ether oxygens (including phenoxy) is 1. The van der Waals surface area contributed by atoms with E-state index in [9.17, 15) is 8.42 Å². The molecule has 1 heterocycles. The molecule has 6 heteroatoms. The van der Waals surface area contributed by atoms with Crippen LogP contribution < -0.4 is 10.1 Å². The van der Waals surface area contributed by atoms with E-state index in [1.54, 1.807) is 33.3 Å². The third-order valence-electron chi connectivity index (χ3n) is 3.38. The summed E-state index contributed by atoms with van der Waals surface area (Å²) < 4.78 is 28.7. The van der Waals surface area contributed by atoms with Gasteiger partial charge in [0, 0.05) is 12.5 Å². The quantitative estimate of drug-likeness (QED) is 0.869. The van der Waals surface area contributed by atoms with Crippen LogP contribution in [-0.4, -0.2) is 37.6 Å². The molecule has 1 rings (SSSR count). The Morgan fingerprint density at radius 3 is 2.35 bits per heavy atom. The minimum absolute atomic E-state index is 0.0444. The van der Waals surface area contributed by atoms with Gasteiger partial charge in [-0.3, -0.25) is 4.98 Å². The molecule has 0 saturated carbocycles. The van der Waals surface area contributed by atoms with E-state index in [-0.39, 0.29) is 12.1 Å². The molecule has 0 radical (unpaired) electrons. The molecule has 0 bridgehead atoms. The van der Waals surface area contributed by atoms with Crippen molar-refractivity contribution in [2.24, 2.45) is 0 Å². The largest absolute Gasteiger partial charge is 0.489 e. The van der Waals surface area contributed by atoms with Crippen LogP contribution in [0.1, 0.15) is 39.3 Å². The summed E-state index contributed by atoms with van der Waals surface area (Å²) in [5, 5.41) is 3.07. The zero-order chi connectivity index (χ0) is 15.6. The molecule has 1 atom stereocenters. The van der Waals surface area contributed by atoms with Crippen LogP contribution in [0.3, 0.4) is 0 Å². The topological polar surface area (TPSA) is 68.3 Å². The Morgan fingerprint density at radius 1 is 1.30 bits per heavy atom. The number of aromatic nitrogens is 1. The third kappa shape index (κ3) is 3.70. The Hall–Kier alpha value is -1.14. The maximum absolute atomic E-state index is 12.0. The lowest BCUT2D eigenvalue weighted by Crippen LogP contribution is -2.43. The van der Waals surface area contributed by atoms with Crippen molar-refractivity contribution in [1.82, 2.24) is 10.3 Å². The maximum atomic E-state index is 12.0. The molecule has 0 aliphatic heterocycles. The van der Waals surface area contributed by atoms with E-state index in [1.165, 1.54) is 6.26 Å². The van der Waals surface area contributed by atoms with Crippen molar-refractivity contribution in [3.8, 4) is 5.75 Å². The van der Waals surface area contributed by atoms with E-state index < -0.39 is 14.6 Å². The molecule has 1 N–H and O–H groups in total. The van der Waals surface area contributed by atoms with Gasteiger partial charge in [0.2, 0.25) is 0 Å². The summed E-state index contributed by atoms with van der Waals surface area (Å²) in [4.78, 5) is 4.14. The van der Waals surface area contributed by atoms with E-state index in [0.717, 1.165) is 5.56 Å². The smallest absolute Gasteiger partial charge is 0.154 e. The summed E-state index contributed by atoms with van der Waals surface area (Å²) in [6.45, 7) is 7.28. The van der Waals surface area contributed by atoms with Crippen LogP contribution in [0.2, 0.25) is 0 Å². The molecule has 0 amide bonds. The Bertz CT molecular complexity index is 553. The van der Waals surface area contributed by atoms with Crippen LogP contribution >= 0.6 is 0 Å². The van der Waals surface area contributed by atoms with Gasteiger partial charge in [-0.05, 0) is 46.4 Å². The van der Waals surface area contributed by atoms with Gasteiger partial charge in [0.25, 0.3) is 0 Å². The predicted octanol–water partition coefficient (Wildman–Crippen LogP) is 1.95. The van der Waals surface area contributed by atoms with Crippen LogP contribution in [0.5, 0.6) is 5.75 Å². The first-order valence-corrected chi connectivity index (χ1v) is 8.47. The van der Waals surface area contributed by atoms with Crippen molar-refractivity contribution in [2.45, 2.75) is 44.6 Å². The highest BCUT2D eigenvalue weighted by atomic mass is 32.2. The van der Waals surface area contributed by atoms with Gasteiger partial charge < -0.3 is 10.1 Å². The van der Waals surface area contributed by atoms with E-state index in [2.05, 4.69) is 10.3 Å². The number of hydrogen-bond acceptors (Lipinski definition) is 5. The van der Waals surface area contributed by atoms with E-state index in [1.807, 2.05) is 19.9 Å². The Labute approximate surface area is 121 Å². The molecule has 0 saturated heterocycles. The summed E-state index contributed by atoms with van der Waals surface area (Å²) in [6.07, 6.45) is 4.59. The summed E-state index contributed by atoms with van der Waals surface area (Å²) in [5.41, 5.74) is 0.793. The van der Waals surface area contributed by atoms with Gasteiger partial charge in [-0.25, -0.2) is 8.42 Å². The predicted molar refractivity (Wildman–Crippen MR) is 80.7 cm³/mol. The first-order chi connectivity index (χ1) is 9.09. The van der Waals surface area contributed by atoms with Crippen LogP contribution in [-0.2, 0) is 9.84 Å². The van der Waals surface area contributed by atoms with Gasteiger partial charge in [0.05, 0.1) is 23.1 Å². The molecule has 1 aromatic heterocycles. The molecule has 0 aliphatic carbocycles. The molecule has 0 spiro atoms. The number of nitrogens with zero attached hydrogens (tertiary/aromatic N) is 1. The number of pyridine rings is 1. The van der Waals surface area contributed by atoms with Crippen molar-refractivity contribution in [3.63, 3.8) is 0 Å². The van der Waals surface area contributed by atoms with E-state index >= 15 is 0 Å². The van der Waals surface area contributed by atoms with Crippen molar-refractivity contribution >= 4 is 9.84 Å². The molecule has 1 aromatic rings. The fraction of sp³-hybridized carbons (Fsp3) is 0.643. The number of rotatable bonds is 6. The van der Waals surface area contributed by atoms with Crippen LogP contribution in [0.4, 0.5) is 0 Å². The fourth-order valence-corrected chi connectivity index (χ4v) is 2.74. The number of hydrogen-bond donors (Lipinski definition) is 1. The molecule has 0 aliphatic rings. The van der Waals surface area contributed by atoms with Crippen LogP contribution in [0, 0.1) is 0 Å². The molecular formula is C14H24N2O3S. The second kappa shape index (κ2) is 6.10. The molecule has 5 nitrogen and oxygen atoms in total. The normalized spacial score (nSPS) is 14.3. The zero-order valence-electron chi connectivity index (χ0n) is 13.0. The highest BCUT2D eigenvalue weighted by Gasteiger charge is 2.39. The molecule has 114 valence electrons. The molecular weight excluding hydrogens is 276 g/mol. The van der Waals surface area contributed by atoms with Gasteiger partial charge in [0.1, 0.15) is 5.75 Å². The Morgan fingerprint density at radius 2 is 1.90 bits per heavy atom. The van der Waals surface area contributed by atoms with Crippen LogP contribution in [0.15, 0.2) is 18.5 Å². The lowest BCUT2D eigenvalue weighted by molar-refractivity contribution is 0.241. The minimum Gasteiger partial charge on any atom is -0.489 e. The van der Waals surface area contributed by atoms with E-state index in [4.69, 9.17) is 4.74 Å². The molecule has 0 aromatic carbocycles. The Kier molecular flexibility index (Phi) is 5.15. The highest BCUT2D eigenvalue weighted by Crippen LogP contribution is 2.32. The number of sulfone groups is 1. The lowest BCUT2D eigenvalue weighted by Gasteiger charge is -2.32. The first-order valence-electron chi connectivity index (χ1n) is 6.58. The van der Waals surface area contributed by atoms with E-state index in [0.29, 0.717) is 5.75 Å². The van der Waals surface area contributed by atoms with Crippen molar-refractivity contribution in [3.05, 3.63) is 24.0 Å². The average Bonchev–Trinajstić information content (AvgIpc) is 2.27. The molecule has 1 unspecified atom stereocenters. The van der Waals surface area contributed by atoms with Gasteiger partial charge in [-0.2, -0.15) is 0 Å². The van der Waals surface area contributed by atoms with Gasteiger partial charge in [-0.15, -0.1) is 0 Å². The van der Waals surface area contributed by atoms with Gasteiger partial charge in [-0.1, -0.05) is 0 Å². The lowest BCUT2D eigenvalue weighted by atomic mass is 9.96. The summed E-state index contributed by atoms with van der Waals surface area (Å²) >= 11 is 0. The molecule has 20 heavy (non-hydrogen) atoms. The van der Waals surface area contributed by atoms with Crippen molar-refractivity contribution in [1.29, 1.82) is 0 Å². The van der Waals surface area contributed by atoms with Gasteiger partial charge in [0.15, 0.2) is 9.84 Å². The minimum atomic E-state index is -3.23.